The van der Waals surface area contributed by atoms with Crippen molar-refractivity contribution in [3.63, 3.8) is 0 Å². The van der Waals surface area contributed by atoms with Crippen LogP contribution in [0, 0.1) is 0 Å². The molecule has 9 heteroatoms. The topological polar surface area (TPSA) is 111 Å². The Morgan fingerprint density at radius 2 is 1.20 bits per heavy atom. The van der Waals surface area contributed by atoms with E-state index in [0.717, 1.165) is 28.5 Å². The van der Waals surface area contributed by atoms with Crippen LogP contribution >= 0.6 is 11.8 Å². The molecule has 0 aromatic heterocycles. The van der Waals surface area contributed by atoms with Gasteiger partial charge in [-0.1, -0.05) is 103 Å². The summed E-state index contributed by atoms with van der Waals surface area (Å²) in [7, 11) is 1.23. The van der Waals surface area contributed by atoms with Gasteiger partial charge in [-0.05, 0) is 23.1 Å². The highest BCUT2D eigenvalue weighted by atomic mass is 32.2. The molecule has 0 fully saturated rings. The zero-order valence-corrected chi connectivity index (χ0v) is 23.4. The number of nitrogens with one attached hydrogen (secondary N) is 2. The van der Waals surface area contributed by atoms with E-state index in [1.807, 2.05) is 91.0 Å². The minimum Gasteiger partial charge on any atom is -0.467 e. The molecule has 0 bridgehead atoms. The predicted octanol–water partition coefficient (Wildman–Crippen LogP) is 3.48. The lowest BCUT2D eigenvalue weighted by molar-refractivity contribution is -0.147. The van der Waals surface area contributed by atoms with Crippen molar-refractivity contribution in [2.45, 2.75) is 43.7 Å². The van der Waals surface area contributed by atoms with Gasteiger partial charge >= 0.3 is 5.97 Å². The van der Waals surface area contributed by atoms with Crippen LogP contribution < -0.4 is 10.6 Å². The Kier molecular flexibility index (Phi) is 12.4. The summed E-state index contributed by atoms with van der Waals surface area (Å²) in [4.78, 5) is 51.3. The molecule has 2 N–H and O–H groups in total. The first kappa shape index (κ1) is 30.6. The van der Waals surface area contributed by atoms with E-state index in [0.29, 0.717) is 6.42 Å². The molecular weight excluding hydrogens is 528 g/mol. The van der Waals surface area contributed by atoms with Crippen LogP contribution in [-0.4, -0.2) is 53.9 Å². The number of amides is 2. The molecule has 0 aliphatic carbocycles. The van der Waals surface area contributed by atoms with Gasteiger partial charge < -0.3 is 20.1 Å². The Balaban J connectivity index is 1.75. The van der Waals surface area contributed by atoms with Crippen LogP contribution in [0.15, 0.2) is 91.0 Å². The summed E-state index contributed by atoms with van der Waals surface area (Å²) in [5, 5.41) is 4.55. The minimum absolute atomic E-state index is 0.115. The van der Waals surface area contributed by atoms with Crippen molar-refractivity contribution < 1.29 is 28.7 Å². The monoisotopic (exact) mass is 562 g/mol. The molecule has 2 amide bonds. The number of hydrogen-bond acceptors (Lipinski definition) is 7. The molecule has 8 nitrogen and oxygen atoms in total. The van der Waals surface area contributed by atoms with Crippen LogP contribution in [0.5, 0.6) is 0 Å². The summed E-state index contributed by atoms with van der Waals surface area (Å²) in [6.45, 7) is 1.54. The van der Waals surface area contributed by atoms with Crippen LogP contribution in [0.1, 0.15) is 23.6 Å². The van der Waals surface area contributed by atoms with E-state index < -0.39 is 35.1 Å². The van der Waals surface area contributed by atoms with E-state index >= 15 is 0 Å². The fourth-order valence-corrected chi connectivity index (χ4v) is 4.84. The maximum atomic E-state index is 13.5. The van der Waals surface area contributed by atoms with E-state index in [4.69, 9.17) is 9.47 Å². The molecule has 0 radical (unpaired) electrons. The lowest BCUT2D eigenvalue weighted by atomic mass is 10.0. The maximum absolute atomic E-state index is 13.5. The average molecular weight is 563 g/mol. The molecule has 3 rings (SSSR count). The third-order valence-corrected chi connectivity index (χ3v) is 6.98. The normalized spacial score (nSPS) is 12.9. The molecular formula is C31H34N2O6S. The molecule has 0 aliphatic rings. The van der Waals surface area contributed by atoms with Crippen molar-refractivity contribution in [2.24, 2.45) is 0 Å². The van der Waals surface area contributed by atoms with Crippen LogP contribution in [0.3, 0.4) is 0 Å². The molecule has 3 atom stereocenters. The Labute approximate surface area is 238 Å². The predicted molar refractivity (Wildman–Crippen MR) is 154 cm³/mol. The number of hydrogen-bond donors (Lipinski definition) is 2. The van der Waals surface area contributed by atoms with Crippen molar-refractivity contribution in [1.29, 1.82) is 0 Å². The number of benzene rings is 3. The van der Waals surface area contributed by atoms with Crippen molar-refractivity contribution in [2.75, 3.05) is 13.7 Å². The van der Waals surface area contributed by atoms with Gasteiger partial charge in [0.1, 0.15) is 6.04 Å². The van der Waals surface area contributed by atoms with Gasteiger partial charge in [0.2, 0.25) is 11.8 Å². The van der Waals surface area contributed by atoms with Crippen LogP contribution in [0.2, 0.25) is 0 Å². The van der Waals surface area contributed by atoms with Gasteiger partial charge in [0.05, 0.1) is 25.6 Å². The maximum Gasteiger partial charge on any atom is 0.330 e. The van der Waals surface area contributed by atoms with E-state index in [1.165, 1.54) is 14.0 Å². The number of rotatable bonds is 14. The van der Waals surface area contributed by atoms with Gasteiger partial charge in [-0.15, -0.1) is 0 Å². The molecule has 0 saturated carbocycles. The Hall–Kier alpha value is -3.95. The first-order chi connectivity index (χ1) is 19.4. The fourth-order valence-electron chi connectivity index (χ4n) is 3.99. The fraction of sp³-hybridized carbons (Fsp3) is 0.290. The summed E-state index contributed by atoms with van der Waals surface area (Å²) in [6, 6.07) is 25.9. The Bertz CT molecular complexity index is 1240. The molecule has 3 aromatic carbocycles. The second-order valence-electron chi connectivity index (χ2n) is 9.12. The van der Waals surface area contributed by atoms with Gasteiger partial charge in [0.15, 0.2) is 11.2 Å². The van der Waals surface area contributed by atoms with Gasteiger partial charge in [0, 0.05) is 13.3 Å². The number of methoxy groups -OCH3 is 1. The Morgan fingerprint density at radius 1 is 0.700 bits per heavy atom. The summed E-state index contributed by atoms with van der Waals surface area (Å²) in [5.41, 5.74) is 2.62. The number of esters is 1. The summed E-state index contributed by atoms with van der Waals surface area (Å²) < 4.78 is 10.6. The summed E-state index contributed by atoms with van der Waals surface area (Å²) in [6.07, 6.45) is 0.495. The number of carbonyl (C=O) groups excluding carboxylic acids is 4. The second kappa shape index (κ2) is 16.2. The largest absolute Gasteiger partial charge is 0.467 e. The van der Waals surface area contributed by atoms with E-state index in [9.17, 15) is 19.2 Å². The van der Waals surface area contributed by atoms with Gasteiger partial charge in [0.25, 0.3) is 0 Å². The number of thioether (sulfide) groups is 1. The van der Waals surface area contributed by atoms with Crippen LogP contribution in [0.4, 0.5) is 0 Å². The molecule has 0 heterocycles. The van der Waals surface area contributed by atoms with Crippen molar-refractivity contribution in [3.8, 4) is 0 Å². The lowest BCUT2D eigenvalue weighted by Crippen LogP contribution is -2.55. The van der Waals surface area contributed by atoms with E-state index in [-0.39, 0.29) is 24.7 Å². The Morgan fingerprint density at radius 3 is 1.73 bits per heavy atom. The molecule has 40 heavy (non-hydrogen) atoms. The summed E-state index contributed by atoms with van der Waals surface area (Å²) >= 11 is 0.917. The molecule has 210 valence electrons. The SMILES string of the molecule is COC(=O)[C@H](COCc1ccccc1)NC(=O)[C@H](Cc1ccccc1)NC(=O)[C@H](Cc1ccccc1)SC(C)=O. The van der Waals surface area contributed by atoms with Gasteiger partial charge in [-0.25, -0.2) is 4.79 Å². The molecule has 3 aromatic rings. The zero-order valence-electron chi connectivity index (χ0n) is 22.6. The molecule has 0 unspecified atom stereocenters. The standard InChI is InChI=1S/C31H34N2O6S/c1-22(34)40-28(19-24-14-8-4-9-15-24)30(36)32-26(18-23-12-6-3-7-13-23)29(35)33-27(31(37)38-2)21-39-20-25-16-10-5-11-17-25/h3-17,26-28H,18-21H2,1-2H3,(H,32,36)(H,33,35)/t26-,27-,28-/m0/s1. The minimum atomic E-state index is -1.08. The van der Waals surface area contributed by atoms with Crippen LogP contribution in [0.25, 0.3) is 0 Å². The highest BCUT2D eigenvalue weighted by Gasteiger charge is 2.30. The third-order valence-electron chi connectivity index (χ3n) is 5.98. The average Bonchev–Trinajstić information content (AvgIpc) is 2.96. The quantitative estimate of drug-likeness (QED) is 0.290. The van der Waals surface area contributed by atoms with Gasteiger partial charge in [-0.3, -0.25) is 14.4 Å². The summed E-state index contributed by atoms with van der Waals surface area (Å²) in [5.74, 6) is -1.68. The number of ether oxygens (including phenoxy) is 2. The molecule has 0 saturated heterocycles. The third kappa shape index (κ3) is 10.3. The molecule has 0 aliphatic heterocycles. The van der Waals surface area contributed by atoms with E-state index in [1.54, 1.807) is 0 Å². The zero-order chi connectivity index (χ0) is 28.7. The van der Waals surface area contributed by atoms with Crippen molar-refractivity contribution in [3.05, 3.63) is 108 Å². The van der Waals surface area contributed by atoms with Crippen LogP contribution in [-0.2, 0) is 48.1 Å². The highest BCUT2D eigenvalue weighted by Crippen LogP contribution is 2.18. The number of carbonyl (C=O) groups is 4. The van der Waals surface area contributed by atoms with Crippen molar-refractivity contribution in [1.82, 2.24) is 10.6 Å². The van der Waals surface area contributed by atoms with Gasteiger partial charge in [-0.2, -0.15) is 0 Å². The smallest absolute Gasteiger partial charge is 0.330 e. The van der Waals surface area contributed by atoms with E-state index in [2.05, 4.69) is 10.6 Å². The highest BCUT2D eigenvalue weighted by molar-refractivity contribution is 8.14. The van der Waals surface area contributed by atoms with Crippen molar-refractivity contribution >= 4 is 34.7 Å². The lowest BCUT2D eigenvalue weighted by Gasteiger charge is -2.24. The molecule has 0 spiro atoms. The second-order valence-corrected chi connectivity index (χ2v) is 10.5. The first-order valence-electron chi connectivity index (χ1n) is 12.9. The first-order valence-corrected chi connectivity index (χ1v) is 13.8.